The second-order valence-electron chi connectivity index (χ2n) is 4.87. The molecule has 0 bridgehead atoms. The Morgan fingerprint density at radius 3 is 3.29 bits per heavy atom. The van der Waals surface area contributed by atoms with Crippen molar-refractivity contribution in [1.29, 1.82) is 0 Å². The summed E-state index contributed by atoms with van der Waals surface area (Å²) in [6.45, 7) is 3.60. The van der Waals surface area contributed by atoms with E-state index < -0.39 is 0 Å². The van der Waals surface area contributed by atoms with E-state index in [9.17, 15) is 4.79 Å². The molecule has 0 spiro atoms. The van der Waals surface area contributed by atoms with Crippen molar-refractivity contribution >= 4 is 17.2 Å². The molecule has 1 fully saturated rings. The Labute approximate surface area is 126 Å². The van der Waals surface area contributed by atoms with Gasteiger partial charge in [0.05, 0.1) is 18.7 Å². The molecule has 1 N–H and O–H groups in total. The van der Waals surface area contributed by atoms with E-state index in [0.29, 0.717) is 31.2 Å². The number of hydrogen-bond donors (Lipinski definition) is 1. The number of nitrogens with zero attached hydrogens (tertiary/aromatic N) is 4. The van der Waals surface area contributed by atoms with Crippen LogP contribution >= 0.6 is 11.3 Å². The number of ether oxygens (including phenoxy) is 1. The first kappa shape index (κ1) is 14.2. The number of morpholine rings is 1. The van der Waals surface area contributed by atoms with Gasteiger partial charge in [0, 0.05) is 18.3 Å². The van der Waals surface area contributed by atoms with Gasteiger partial charge in [-0.25, -0.2) is 9.97 Å². The number of nitrogens with one attached hydrogen (secondary N) is 1. The van der Waals surface area contributed by atoms with Crippen LogP contribution in [0.3, 0.4) is 0 Å². The normalized spacial score (nSPS) is 18.9. The molecule has 1 atom stereocenters. The number of H-pyrrole nitrogens is 1. The van der Waals surface area contributed by atoms with Gasteiger partial charge in [-0.3, -0.25) is 9.89 Å². The summed E-state index contributed by atoms with van der Waals surface area (Å²) in [6, 6.07) is 0. The molecule has 21 heavy (non-hydrogen) atoms. The molecule has 0 aromatic carbocycles. The minimum absolute atomic E-state index is 0.0612. The third-order valence-corrected chi connectivity index (χ3v) is 3.92. The molecular weight excluding hydrogens is 290 g/mol. The third-order valence-electron chi connectivity index (χ3n) is 3.33. The summed E-state index contributed by atoms with van der Waals surface area (Å²) in [4.78, 5) is 22.6. The van der Waals surface area contributed by atoms with Gasteiger partial charge in [0.25, 0.3) is 5.91 Å². The minimum atomic E-state index is -0.275. The highest BCUT2D eigenvalue weighted by Crippen LogP contribution is 2.20. The molecule has 112 valence electrons. The highest BCUT2D eigenvalue weighted by atomic mass is 32.1. The fourth-order valence-electron chi connectivity index (χ4n) is 2.27. The van der Waals surface area contributed by atoms with Crippen LogP contribution in [-0.2, 0) is 11.2 Å². The zero-order valence-electron chi connectivity index (χ0n) is 11.8. The molecule has 7 nitrogen and oxygen atoms in total. The van der Waals surface area contributed by atoms with Crippen molar-refractivity contribution in [2.75, 3.05) is 19.7 Å². The Hall–Kier alpha value is -1.80. The lowest BCUT2D eigenvalue weighted by Gasteiger charge is -2.31. The van der Waals surface area contributed by atoms with Gasteiger partial charge in [0.2, 0.25) is 0 Å². The van der Waals surface area contributed by atoms with E-state index in [2.05, 4.69) is 27.1 Å². The summed E-state index contributed by atoms with van der Waals surface area (Å²) in [5.74, 6) is 1.42. The molecule has 0 saturated carbocycles. The fourth-order valence-corrected chi connectivity index (χ4v) is 2.80. The maximum atomic E-state index is 12.3. The topological polar surface area (TPSA) is 84.0 Å². The Balaban J connectivity index is 1.69. The third kappa shape index (κ3) is 3.11. The van der Waals surface area contributed by atoms with Crippen molar-refractivity contribution in [2.45, 2.75) is 25.9 Å². The molecule has 3 rings (SSSR count). The Morgan fingerprint density at radius 1 is 1.62 bits per heavy atom. The molecule has 1 aliphatic heterocycles. The fraction of sp³-hybridized carbons (Fsp3) is 0.538. The number of rotatable bonds is 4. The number of carbonyl (C=O) groups is 1. The summed E-state index contributed by atoms with van der Waals surface area (Å²) >= 11 is 1.42. The quantitative estimate of drug-likeness (QED) is 0.923. The molecule has 1 unspecified atom stereocenters. The lowest BCUT2D eigenvalue weighted by atomic mass is 10.2. The predicted molar refractivity (Wildman–Crippen MR) is 77.1 cm³/mol. The molecular formula is C13H17N5O2S. The van der Waals surface area contributed by atoms with Crippen molar-refractivity contribution in [3.63, 3.8) is 0 Å². The Morgan fingerprint density at radius 2 is 2.52 bits per heavy atom. The molecule has 0 radical (unpaired) electrons. The van der Waals surface area contributed by atoms with Crippen LogP contribution in [0.1, 0.15) is 41.6 Å². The van der Waals surface area contributed by atoms with Gasteiger partial charge in [-0.2, -0.15) is 5.10 Å². The van der Waals surface area contributed by atoms with Crippen molar-refractivity contribution in [3.05, 3.63) is 28.2 Å². The number of thiazole rings is 1. The first-order valence-electron chi connectivity index (χ1n) is 6.98. The van der Waals surface area contributed by atoms with Crippen molar-refractivity contribution in [1.82, 2.24) is 25.1 Å². The molecule has 3 heterocycles. The second-order valence-corrected chi connectivity index (χ2v) is 5.59. The molecule has 2 aromatic rings. The van der Waals surface area contributed by atoms with Crippen LogP contribution in [0.2, 0.25) is 0 Å². The molecule has 8 heteroatoms. The van der Waals surface area contributed by atoms with Gasteiger partial charge in [-0.1, -0.05) is 6.92 Å². The lowest BCUT2D eigenvalue weighted by Crippen LogP contribution is -2.42. The maximum Gasteiger partial charge on any atom is 0.273 e. The number of amides is 1. The van der Waals surface area contributed by atoms with E-state index >= 15 is 0 Å². The second kappa shape index (κ2) is 6.31. The number of aromatic nitrogens is 4. The average molecular weight is 307 g/mol. The standard InChI is InChI=1S/C13H17N5O2S/c1-2-3-11-15-12(17-16-11)10-6-18(4-5-20-10)13(19)9-7-21-8-14-9/h7-8,10H,2-6H2,1H3,(H,15,16,17). The first-order valence-corrected chi connectivity index (χ1v) is 7.92. The molecule has 1 aliphatic rings. The van der Waals surface area contributed by atoms with Crippen molar-refractivity contribution in [3.8, 4) is 0 Å². The average Bonchev–Trinajstić information content (AvgIpc) is 3.18. The molecule has 1 saturated heterocycles. The zero-order chi connectivity index (χ0) is 14.7. The van der Waals surface area contributed by atoms with E-state index in [0.717, 1.165) is 18.7 Å². The first-order chi connectivity index (χ1) is 10.3. The smallest absolute Gasteiger partial charge is 0.273 e. The van der Waals surface area contributed by atoms with Gasteiger partial charge < -0.3 is 9.64 Å². The Bertz CT molecular complexity index is 597. The summed E-state index contributed by atoms with van der Waals surface area (Å²) in [6.07, 6.45) is 1.60. The monoisotopic (exact) mass is 307 g/mol. The van der Waals surface area contributed by atoms with Crippen LogP contribution in [0.15, 0.2) is 10.9 Å². The SMILES string of the molecule is CCCc1nc(C2CN(C(=O)c3cscn3)CCO2)n[nH]1. The van der Waals surface area contributed by atoms with Gasteiger partial charge >= 0.3 is 0 Å². The highest BCUT2D eigenvalue weighted by Gasteiger charge is 2.29. The summed E-state index contributed by atoms with van der Waals surface area (Å²) < 4.78 is 5.70. The van der Waals surface area contributed by atoms with E-state index in [1.54, 1.807) is 15.8 Å². The lowest BCUT2D eigenvalue weighted by molar-refractivity contribution is -0.0268. The maximum absolute atomic E-state index is 12.3. The van der Waals surface area contributed by atoms with Crippen molar-refractivity contribution in [2.24, 2.45) is 0 Å². The van der Waals surface area contributed by atoms with Gasteiger partial charge in [-0.05, 0) is 6.42 Å². The predicted octanol–water partition coefficient (Wildman–Crippen LogP) is 1.43. The Kier molecular flexibility index (Phi) is 4.26. The van der Waals surface area contributed by atoms with Crippen LogP contribution in [-0.4, -0.2) is 50.7 Å². The number of hydrogen-bond acceptors (Lipinski definition) is 6. The number of aryl methyl sites for hydroxylation is 1. The van der Waals surface area contributed by atoms with Crippen LogP contribution in [0.25, 0.3) is 0 Å². The van der Waals surface area contributed by atoms with E-state index in [4.69, 9.17) is 4.74 Å². The summed E-state index contributed by atoms with van der Waals surface area (Å²) in [7, 11) is 0. The molecule has 2 aromatic heterocycles. The largest absolute Gasteiger partial charge is 0.366 e. The minimum Gasteiger partial charge on any atom is -0.366 e. The zero-order valence-corrected chi connectivity index (χ0v) is 12.6. The van der Waals surface area contributed by atoms with E-state index in [-0.39, 0.29) is 12.0 Å². The van der Waals surface area contributed by atoms with Crippen LogP contribution in [0, 0.1) is 0 Å². The summed E-state index contributed by atoms with van der Waals surface area (Å²) in [5.41, 5.74) is 2.15. The van der Waals surface area contributed by atoms with Crippen LogP contribution < -0.4 is 0 Å². The number of carbonyl (C=O) groups excluding carboxylic acids is 1. The van der Waals surface area contributed by atoms with Crippen LogP contribution in [0.5, 0.6) is 0 Å². The number of aromatic amines is 1. The van der Waals surface area contributed by atoms with Crippen molar-refractivity contribution < 1.29 is 9.53 Å². The molecule has 1 amide bonds. The highest BCUT2D eigenvalue weighted by molar-refractivity contribution is 7.07. The van der Waals surface area contributed by atoms with Gasteiger partial charge in [0.15, 0.2) is 5.82 Å². The van der Waals surface area contributed by atoms with Gasteiger partial charge in [-0.15, -0.1) is 11.3 Å². The van der Waals surface area contributed by atoms with E-state index in [1.165, 1.54) is 11.3 Å². The van der Waals surface area contributed by atoms with Crippen LogP contribution in [0.4, 0.5) is 0 Å². The van der Waals surface area contributed by atoms with Gasteiger partial charge in [0.1, 0.15) is 17.6 Å². The summed E-state index contributed by atoms with van der Waals surface area (Å²) in [5, 5.41) is 8.89. The molecule has 0 aliphatic carbocycles. The van der Waals surface area contributed by atoms with E-state index in [1.807, 2.05) is 0 Å².